The molecular formula is C22H17N3O7S2. The number of hydrogen-bond donors (Lipinski definition) is 1. The molecular weight excluding hydrogens is 482 g/mol. The van der Waals surface area contributed by atoms with Gasteiger partial charge in [0.25, 0.3) is 5.69 Å². The first-order valence-electron chi connectivity index (χ1n) is 10.1. The quantitative estimate of drug-likeness (QED) is 0.322. The number of thioether (sulfide) groups is 1. The standard InChI is InChI=1S/C22H17N3O7S2/c1-31-13-8-3-10(9-14(13)32-2)15-16-18(33-19-17(15)34-22(28)23-19)21(27)24(20(16)26)11-4-6-12(7-5-11)25(29)30/h3-9,15-16,18H,1-2H3,(H,23,28)/t15-,16?,18?/m1/s1. The van der Waals surface area contributed by atoms with Gasteiger partial charge in [0.05, 0.1) is 35.8 Å². The van der Waals surface area contributed by atoms with E-state index in [0.717, 1.165) is 28.0 Å². The second-order valence-corrected chi connectivity index (χ2v) is 9.82. The molecule has 0 spiro atoms. The first-order valence-corrected chi connectivity index (χ1v) is 11.8. The molecule has 1 aromatic heterocycles. The van der Waals surface area contributed by atoms with Crippen LogP contribution in [0, 0.1) is 16.0 Å². The number of aromatic amines is 1. The maximum atomic E-state index is 13.7. The Morgan fingerprint density at radius 2 is 1.71 bits per heavy atom. The number of methoxy groups -OCH3 is 2. The Kier molecular flexibility index (Phi) is 5.41. The molecule has 34 heavy (non-hydrogen) atoms. The molecule has 1 saturated heterocycles. The van der Waals surface area contributed by atoms with Crippen LogP contribution in [0.5, 0.6) is 11.5 Å². The lowest BCUT2D eigenvalue weighted by atomic mass is 9.83. The SMILES string of the molecule is COc1ccc([C@H]2c3sc(=O)[nH]c3SC3C(=O)N(c4ccc([N+](=O)[O-])cc4)C(=O)C32)cc1OC. The van der Waals surface area contributed by atoms with Gasteiger partial charge in [-0.05, 0) is 29.8 Å². The Hall–Kier alpha value is -3.64. The predicted octanol–water partition coefficient (Wildman–Crippen LogP) is 3.16. The van der Waals surface area contributed by atoms with E-state index in [1.807, 2.05) is 0 Å². The minimum atomic E-state index is -0.773. The number of hydrogen-bond acceptors (Lipinski definition) is 9. The molecule has 1 N–H and O–H groups in total. The number of amides is 2. The van der Waals surface area contributed by atoms with Gasteiger partial charge in [-0.3, -0.25) is 24.5 Å². The molecule has 10 nitrogen and oxygen atoms in total. The highest BCUT2D eigenvalue weighted by Crippen LogP contribution is 2.53. The van der Waals surface area contributed by atoms with Gasteiger partial charge in [0, 0.05) is 22.9 Å². The number of carbonyl (C=O) groups excluding carboxylic acids is 2. The lowest BCUT2D eigenvalue weighted by molar-refractivity contribution is -0.384. The van der Waals surface area contributed by atoms with Crippen LogP contribution in [0.4, 0.5) is 11.4 Å². The molecule has 5 rings (SSSR count). The van der Waals surface area contributed by atoms with Crippen LogP contribution < -0.4 is 19.2 Å². The van der Waals surface area contributed by atoms with E-state index in [9.17, 15) is 24.5 Å². The lowest BCUT2D eigenvalue weighted by Gasteiger charge is -2.30. The van der Waals surface area contributed by atoms with Gasteiger partial charge in [-0.1, -0.05) is 29.2 Å². The summed E-state index contributed by atoms with van der Waals surface area (Å²) in [6.45, 7) is 0. The highest BCUT2D eigenvalue weighted by atomic mass is 32.2. The molecule has 3 atom stereocenters. The van der Waals surface area contributed by atoms with E-state index >= 15 is 0 Å². The van der Waals surface area contributed by atoms with Gasteiger partial charge in [0.1, 0.15) is 5.25 Å². The van der Waals surface area contributed by atoms with E-state index < -0.39 is 33.8 Å². The summed E-state index contributed by atoms with van der Waals surface area (Å²) < 4.78 is 10.7. The molecule has 0 bridgehead atoms. The Bertz CT molecular complexity index is 1380. The average molecular weight is 500 g/mol. The van der Waals surface area contributed by atoms with Crippen LogP contribution in [0.15, 0.2) is 52.3 Å². The summed E-state index contributed by atoms with van der Waals surface area (Å²) in [6.07, 6.45) is 0. The normalized spacial score (nSPS) is 21.2. The van der Waals surface area contributed by atoms with Gasteiger partial charge in [0.15, 0.2) is 11.5 Å². The highest BCUT2D eigenvalue weighted by Gasteiger charge is 2.56. The zero-order chi connectivity index (χ0) is 24.1. The van der Waals surface area contributed by atoms with Crippen molar-refractivity contribution >= 4 is 46.3 Å². The Morgan fingerprint density at radius 1 is 1.00 bits per heavy atom. The number of nitro groups is 1. The monoisotopic (exact) mass is 499 g/mol. The summed E-state index contributed by atoms with van der Waals surface area (Å²) in [5.41, 5.74) is 0.826. The zero-order valence-electron chi connectivity index (χ0n) is 17.8. The molecule has 0 radical (unpaired) electrons. The number of imide groups is 1. The third-order valence-corrected chi connectivity index (χ3v) is 8.31. The van der Waals surface area contributed by atoms with Crippen molar-refractivity contribution in [3.05, 3.63) is 72.7 Å². The first kappa shape index (κ1) is 22.2. The highest BCUT2D eigenvalue weighted by molar-refractivity contribution is 8.00. The summed E-state index contributed by atoms with van der Waals surface area (Å²) in [5, 5.41) is 10.8. The van der Waals surface area contributed by atoms with Crippen LogP contribution in [-0.4, -0.2) is 41.2 Å². The number of fused-ring (bicyclic) bond motifs is 2. The first-order chi connectivity index (χ1) is 16.3. The fourth-order valence-corrected chi connectivity index (χ4v) is 6.92. The number of nitro benzene ring substituents is 1. The summed E-state index contributed by atoms with van der Waals surface area (Å²) in [5.74, 6) is -1.23. The van der Waals surface area contributed by atoms with Crippen molar-refractivity contribution in [2.45, 2.75) is 16.2 Å². The van der Waals surface area contributed by atoms with E-state index in [1.165, 1.54) is 38.5 Å². The number of H-pyrrole nitrogens is 1. The summed E-state index contributed by atoms with van der Waals surface area (Å²) in [7, 11) is 3.02. The van der Waals surface area contributed by atoms with E-state index in [0.29, 0.717) is 27.0 Å². The third kappa shape index (κ3) is 3.37. The van der Waals surface area contributed by atoms with Crippen LogP contribution in [0.3, 0.4) is 0 Å². The van der Waals surface area contributed by atoms with Crippen molar-refractivity contribution in [3.63, 3.8) is 0 Å². The van der Waals surface area contributed by atoms with Gasteiger partial charge >= 0.3 is 4.87 Å². The fraction of sp³-hybridized carbons (Fsp3) is 0.227. The van der Waals surface area contributed by atoms with Crippen LogP contribution in [0.2, 0.25) is 0 Å². The second kappa shape index (κ2) is 8.29. The number of non-ortho nitro benzene ring substituents is 1. The minimum absolute atomic E-state index is 0.141. The number of ether oxygens (including phenoxy) is 2. The number of rotatable bonds is 5. The van der Waals surface area contributed by atoms with Gasteiger partial charge in [-0.15, -0.1) is 0 Å². The number of nitrogens with zero attached hydrogens (tertiary/aromatic N) is 2. The molecule has 2 aliphatic rings. The van der Waals surface area contributed by atoms with Crippen molar-refractivity contribution in [3.8, 4) is 11.5 Å². The van der Waals surface area contributed by atoms with Crippen LogP contribution in [0.25, 0.3) is 0 Å². The third-order valence-electron chi connectivity index (χ3n) is 5.91. The molecule has 2 aromatic carbocycles. The largest absolute Gasteiger partial charge is 0.493 e. The van der Waals surface area contributed by atoms with Crippen molar-refractivity contribution < 1.29 is 24.0 Å². The molecule has 2 unspecified atom stereocenters. The molecule has 3 aromatic rings. The molecule has 2 aliphatic heterocycles. The van der Waals surface area contributed by atoms with E-state index in [4.69, 9.17) is 9.47 Å². The molecule has 0 saturated carbocycles. The van der Waals surface area contributed by atoms with E-state index in [1.54, 1.807) is 18.2 Å². The minimum Gasteiger partial charge on any atom is -0.493 e. The number of aromatic nitrogens is 1. The average Bonchev–Trinajstić information content (AvgIpc) is 3.33. The Balaban J connectivity index is 1.62. The summed E-state index contributed by atoms with van der Waals surface area (Å²) in [6, 6.07) is 10.5. The molecule has 12 heteroatoms. The van der Waals surface area contributed by atoms with Gasteiger partial charge in [-0.25, -0.2) is 4.90 Å². The van der Waals surface area contributed by atoms with Crippen molar-refractivity contribution in [1.29, 1.82) is 0 Å². The number of nitrogens with one attached hydrogen (secondary N) is 1. The van der Waals surface area contributed by atoms with Crippen molar-refractivity contribution in [2.75, 3.05) is 19.1 Å². The number of carbonyl (C=O) groups is 2. The molecule has 1 fully saturated rings. The maximum absolute atomic E-state index is 13.7. The Labute approximate surface area is 200 Å². The number of thiazole rings is 1. The smallest absolute Gasteiger partial charge is 0.305 e. The summed E-state index contributed by atoms with van der Waals surface area (Å²) >= 11 is 2.17. The van der Waals surface area contributed by atoms with Gasteiger partial charge < -0.3 is 14.5 Å². The summed E-state index contributed by atoms with van der Waals surface area (Å²) in [4.78, 5) is 54.0. The fourth-order valence-electron chi connectivity index (χ4n) is 4.40. The van der Waals surface area contributed by atoms with Gasteiger partial charge in [0.2, 0.25) is 11.8 Å². The van der Waals surface area contributed by atoms with E-state index in [2.05, 4.69) is 4.98 Å². The molecule has 2 amide bonds. The van der Waals surface area contributed by atoms with Crippen LogP contribution in [0.1, 0.15) is 16.4 Å². The molecule has 0 aliphatic carbocycles. The van der Waals surface area contributed by atoms with Crippen molar-refractivity contribution in [1.82, 2.24) is 4.98 Å². The van der Waals surface area contributed by atoms with Crippen LogP contribution >= 0.6 is 23.1 Å². The maximum Gasteiger partial charge on any atom is 0.305 e. The number of benzene rings is 2. The zero-order valence-corrected chi connectivity index (χ0v) is 19.5. The predicted molar refractivity (Wildman–Crippen MR) is 125 cm³/mol. The lowest BCUT2D eigenvalue weighted by Crippen LogP contribution is -2.32. The molecule has 174 valence electrons. The van der Waals surface area contributed by atoms with E-state index in [-0.39, 0.29) is 16.2 Å². The topological polar surface area (TPSA) is 132 Å². The number of anilines is 1. The van der Waals surface area contributed by atoms with Gasteiger partial charge in [-0.2, -0.15) is 0 Å². The van der Waals surface area contributed by atoms with Crippen LogP contribution in [-0.2, 0) is 9.59 Å². The van der Waals surface area contributed by atoms with Crippen molar-refractivity contribution in [2.24, 2.45) is 5.92 Å². The Morgan fingerprint density at radius 3 is 2.35 bits per heavy atom. The second-order valence-electron chi connectivity index (χ2n) is 7.65. The molecule has 3 heterocycles.